The topological polar surface area (TPSA) is 9.23 Å². The van der Waals surface area contributed by atoms with Crippen molar-refractivity contribution in [2.45, 2.75) is 104 Å². The van der Waals surface area contributed by atoms with Gasteiger partial charge in [-0.2, -0.15) is 0 Å². The smallest absolute Gasteiger partial charge is 0.0775 e. The molecule has 21 heavy (non-hydrogen) atoms. The number of rotatable bonds is 8. The Balaban J connectivity index is 2.40. The van der Waals surface area contributed by atoms with Crippen LogP contribution >= 0.6 is 22.6 Å². The lowest BCUT2D eigenvalue weighted by Crippen LogP contribution is -2.43. The molecule has 0 aromatic carbocycles. The molecular formula is C19H37IO. The van der Waals surface area contributed by atoms with Crippen LogP contribution in [0.25, 0.3) is 0 Å². The third kappa shape index (κ3) is 6.76. The molecule has 1 aliphatic carbocycles. The fourth-order valence-corrected chi connectivity index (χ4v) is 4.58. The first-order chi connectivity index (χ1) is 9.83. The van der Waals surface area contributed by atoms with E-state index in [0.717, 1.165) is 10.3 Å². The Kier molecular flexibility index (Phi) is 8.55. The monoisotopic (exact) mass is 408 g/mol. The molecule has 0 heterocycles. The molecule has 1 aliphatic rings. The predicted octanol–water partition coefficient (Wildman–Crippen LogP) is 6.77. The summed E-state index contributed by atoms with van der Waals surface area (Å²) >= 11 is 2.55. The lowest BCUT2D eigenvalue weighted by atomic mass is 9.69. The Hall–Kier alpha value is 0.690. The number of hydrogen-bond acceptors (Lipinski definition) is 1. The zero-order chi connectivity index (χ0) is 15.9. The van der Waals surface area contributed by atoms with Crippen LogP contribution in [0.2, 0.25) is 0 Å². The molecule has 1 nitrogen and oxygen atoms in total. The number of unbranched alkanes of at least 4 members (excludes halogenated alkanes) is 3. The van der Waals surface area contributed by atoms with E-state index in [4.69, 9.17) is 4.74 Å². The molecule has 1 fully saturated rings. The second-order valence-corrected chi connectivity index (χ2v) is 9.00. The maximum absolute atomic E-state index is 6.56. The van der Waals surface area contributed by atoms with Crippen LogP contribution in [0, 0.1) is 11.3 Å². The quantitative estimate of drug-likeness (QED) is 0.245. The van der Waals surface area contributed by atoms with E-state index in [1.54, 1.807) is 0 Å². The molecule has 126 valence electrons. The van der Waals surface area contributed by atoms with Gasteiger partial charge in [0.05, 0.1) is 11.7 Å². The van der Waals surface area contributed by atoms with Gasteiger partial charge >= 0.3 is 0 Å². The standard InChI is InChI=1S/C19H37IO/c1-6-7-8-9-10-16(2)21-19(15-20)13-11-17(12-14-19)18(3,4)5/h16-17H,6-15H2,1-5H3. The maximum atomic E-state index is 6.56. The van der Waals surface area contributed by atoms with E-state index < -0.39 is 0 Å². The van der Waals surface area contributed by atoms with Crippen LogP contribution in [-0.2, 0) is 4.74 Å². The summed E-state index contributed by atoms with van der Waals surface area (Å²) in [6.07, 6.45) is 12.3. The first kappa shape index (κ1) is 19.7. The minimum absolute atomic E-state index is 0.173. The molecule has 0 aromatic rings. The predicted molar refractivity (Wildman–Crippen MR) is 102 cm³/mol. The third-order valence-corrected chi connectivity index (χ3v) is 6.67. The maximum Gasteiger partial charge on any atom is 0.0775 e. The van der Waals surface area contributed by atoms with Gasteiger partial charge in [0.2, 0.25) is 0 Å². The highest BCUT2D eigenvalue weighted by Crippen LogP contribution is 2.44. The van der Waals surface area contributed by atoms with E-state index in [1.165, 1.54) is 57.8 Å². The van der Waals surface area contributed by atoms with Gasteiger partial charge in [0.25, 0.3) is 0 Å². The summed E-state index contributed by atoms with van der Waals surface area (Å²) in [6.45, 7) is 11.7. The van der Waals surface area contributed by atoms with E-state index in [1.807, 2.05) is 0 Å². The average molecular weight is 408 g/mol. The summed E-state index contributed by atoms with van der Waals surface area (Å²) in [5.41, 5.74) is 0.635. The van der Waals surface area contributed by atoms with Crippen molar-refractivity contribution in [3.05, 3.63) is 0 Å². The van der Waals surface area contributed by atoms with Gasteiger partial charge in [-0.25, -0.2) is 0 Å². The lowest BCUT2D eigenvalue weighted by Gasteiger charge is -2.44. The number of ether oxygens (including phenoxy) is 1. The zero-order valence-electron chi connectivity index (χ0n) is 15.0. The molecule has 1 saturated carbocycles. The van der Waals surface area contributed by atoms with Gasteiger partial charge in [-0.3, -0.25) is 0 Å². The second kappa shape index (κ2) is 9.10. The fourth-order valence-electron chi connectivity index (χ4n) is 3.64. The van der Waals surface area contributed by atoms with Crippen molar-refractivity contribution in [1.29, 1.82) is 0 Å². The summed E-state index contributed by atoms with van der Waals surface area (Å²) in [5.74, 6) is 0.872. The van der Waals surface area contributed by atoms with Gasteiger partial charge < -0.3 is 4.74 Å². The van der Waals surface area contributed by atoms with Crippen molar-refractivity contribution in [2.24, 2.45) is 11.3 Å². The third-order valence-electron chi connectivity index (χ3n) is 5.28. The SMILES string of the molecule is CCCCCCC(C)OC1(CI)CCC(C(C)(C)C)CC1. The molecule has 1 unspecified atom stereocenters. The van der Waals surface area contributed by atoms with Gasteiger partial charge in [-0.15, -0.1) is 0 Å². The molecule has 0 spiro atoms. The normalized spacial score (nSPS) is 28.6. The Bertz CT molecular complexity index is 274. The first-order valence-electron chi connectivity index (χ1n) is 9.07. The molecule has 1 atom stereocenters. The molecule has 0 N–H and O–H groups in total. The highest BCUT2D eigenvalue weighted by molar-refractivity contribution is 14.1. The van der Waals surface area contributed by atoms with Gasteiger partial charge in [0.15, 0.2) is 0 Å². The van der Waals surface area contributed by atoms with Gasteiger partial charge in [0.1, 0.15) is 0 Å². The summed E-state index contributed by atoms with van der Waals surface area (Å²) in [5, 5.41) is 0. The van der Waals surface area contributed by atoms with Gasteiger partial charge in [-0.05, 0) is 50.4 Å². The van der Waals surface area contributed by atoms with Crippen molar-refractivity contribution in [3.8, 4) is 0 Å². The minimum atomic E-state index is 0.173. The summed E-state index contributed by atoms with van der Waals surface area (Å²) < 4.78 is 7.72. The van der Waals surface area contributed by atoms with Crippen LogP contribution in [0.3, 0.4) is 0 Å². The molecule has 2 heteroatoms. The van der Waals surface area contributed by atoms with Crippen LogP contribution in [-0.4, -0.2) is 16.1 Å². The molecule has 0 bridgehead atoms. The van der Waals surface area contributed by atoms with Crippen LogP contribution in [0.1, 0.15) is 92.4 Å². The highest BCUT2D eigenvalue weighted by atomic mass is 127. The molecule has 0 aromatic heterocycles. The Morgan fingerprint density at radius 3 is 2.24 bits per heavy atom. The molecule has 0 saturated heterocycles. The van der Waals surface area contributed by atoms with E-state index >= 15 is 0 Å². The average Bonchev–Trinajstić information content (AvgIpc) is 2.43. The van der Waals surface area contributed by atoms with Crippen molar-refractivity contribution in [3.63, 3.8) is 0 Å². The summed E-state index contributed by atoms with van der Waals surface area (Å²) in [4.78, 5) is 0. The highest BCUT2D eigenvalue weighted by Gasteiger charge is 2.39. The number of alkyl halides is 1. The minimum Gasteiger partial charge on any atom is -0.371 e. The van der Waals surface area contributed by atoms with E-state index in [2.05, 4.69) is 57.2 Å². The lowest BCUT2D eigenvalue weighted by molar-refractivity contribution is -0.105. The van der Waals surface area contributed by atoms with Crippen molar-refractivity contribution >= 4 is 22.6 Å². The molecule has 0 amide bonds. The molecule has 1 rings (SSSR count). The van der Waals surface area contributed by atoms with Gasteiger partial charge in [0, 0.05) is 4.43 Å². The van der Waals surface area contributed by atoms with E-state index in [-0.39, 0.29) is 5.60 Å². The van der Waals surface area contributed by atoms with Gasteiger partial charge in [-0.1, -0.05) is 76.0 Å². The first-order valence-corrected chi connectivity index (χ1v) is 10.6. The molecular weight excluding hydrogens is 371 g/mol. The van der Waals surface area contributed by atoms with Crippen LogP contribution in [0.4, 0.5) is 0 Å². The van der Waals surface area contributed by atoms with Crippen LogP contribution in [0.5, 0.6) is 0 Å². The summed E-state index contributed by atoms with van der Waals surface area (Å²) in [7, 11) is 0. The fraction of sp³-hybridized carbons (Fsp3) is 1.00. The van der Waals surface area contributed by atoms with E-state index in [9.17, 15) is 0 Å². The second-order valence-electron chi connectivity index (χ2n) is 8.23. The Labute approximate surface area is 147 Å². The van der Waals surface area contributed by atoms with Crippen molar-refractivity contribution in [2.75, 3.05) is 4.43 Å². The van der Waals surface area contributed by atoms with Crippen molar-refractivity contribution < 1.29 is 4.74 Å². The molecule has 0 radical (unpaired) electrons. The molecule has 0 aliphatic heterocycles. The largest absolute Gasteiger partial charge is 0.371 e. The van der Waals surface area contributed by atoms with Crippen LogP contribution in [0.15, 0.2) is 0 Å². The van der Waals surface area contributed by atoms with Crippen molar-refractivity contribution in [1.82, 2.24) is 0 Å². The van der Waals surface area contributed by atoms with Crippen LogP contribution < -0.4 is 0 Å². The Morgan fingerprint density at radius 1 is 1.14 bits per heavy atom. The number of hydrogen-bond donors (Lipinski definition) is 0. The summed E-state index contributed by atoms with van der Waals surface area (Å²) in [6, 6.07) is 0. The van der Waals surface area contributed by atoms with E-state index in [0.29, 0.717) is 11.5 Å². The Morgan fingerprint density at radius 2 is 1.76 bits per heavy atom. The number of halogens is 1. The zero-order valence-corrected chi connectivity index (χ0v) is 17.2.